The molecule has 2 aromatic rings. The van der Waals surface area contributed by atoms with Gasteiger partial charge in [-0.15, -0.1) is 0 Å². The summed E-state index contributed by atoms with van der Waals surface area (Å²) in [4.78, 5) is 3.99. The van der Waals surface area contributed by atoms with Crippen molar-refractivity contribution < 1.29 is 5.21 Å². The lowest BCUT2D eigenvalue weighted by Gasteiger charge is -2.02. The Balaban J connectivity index is 2.43. The van der Waals surface area contributed by atoms with Gasteiger partial charge in [-0.1, -0.05) is 5.16 Å². The second-order valence-corrected chi connectivity index (χ2v) is 3.35. The molecule has 16 heavy (non-hydrogen) atoms. The smallest absolute Gasteiger partial charge is 0.188 e. The number of hydrogen-bond acceptors (Lipinski definition) is 4. The number of nitrogens with two attached hydrogens (primary N) is 1. The first kappa shape index (κ1) is 10.2. The summed E-state index contributed by atoms with van der Waals surface area (Å²) in [6.45, 7) is 1.95. The monoisotopic (exact) mass is 217 g/mol. The molecule has 0 aliphatic heterocycles. The van der Waals surface area contributed by atoms with E-state index in [1.165, 1.54) is 0 Å². The van der Waals surface area contributed by atoms with Crippen molar-refractivity contribution in [2.45, 2.75) is 6.92 Å². The molecule has 2 heterocycles. The Morgan fingerprint density at radius 1 is 1.56 bits per heavy atom. The fraction of sp³-hybridized carbons (Fsp3) is 0.100. The van der Waals surface area contributed by atoms with Gasteiger partial charge >= 0.3 is 0 Å². The summed E-state index contributed by atoms with van der Waals surface area (Å²) in [6.07, 6.45) is 5.22. The minimum atomic E-state index is -0.0225. The van der Waals surface area contributed by atoms with Crippen molar-refractivity contribution in [1.82, 2.24) is 14.8 Å². The van der Waals surface area contributed by atoms with Crippen molar-refractivity contribution in [3.05, 3.63) is 42.0 Å². The number of aryl methyl sites for hydroxylation is 1. The predicted octanol–water partition coefficient (Wildman–Crippen LogP) is 0.670. The number of nitrogens with zero attached hydrogens (tertiary/aromatic N) is 4. The predicted molar refractivity (Wildman–Crippen MR) is 58.6 cm³/mol. The highest BCUT2D eigenvalue weighted by molar-refractivity contribution is 5.95. The third-order valence-corrected chi connectivity index (χ3v) is 2.09. The fourth-order valence-corrected chi connectivity index (χ4v) is 1.31. The van der Waals surface area contributed by atoms with Gasteiger partial charge in [-0.2, -0.15) is 5.10 Å². The zero-order chi connectivity index (χ0) is 11.5. The summed E-state index contributed by atoms with van der Waals surface area (Å²) < 4.78 is 1.70. The minimum absolute atomic E-state index is 0.0225. The Morgan fingerprint density at radius 3 is 3.00 bits per heavy atom. The van der Waals surface area contributed by atoms with Crippen molar-refractivity contribution in [3.63, 3.8) is 0 Å². The maximum Gasteiger partial charge on any atom is 0.188 e. The number of rotatable bonds is 2. The molecule has 6 nitrogen and oxygen atoms in total. The van der Waals surface area contributed by atoms with E-state index in [0.29, 0.717) is 5.69 Å². The summed E-state index contributed by atoms with van der Waals surface area (Å²) in [5.41, 5.74) is 7.73. The van der Waals surface area contributed by atoms with Crippen LogP contribution in [0.2, 0.25) is 0 Å². The van der Waals surface area contributed by atoms with Gasteiger partial charge in [0, 0.05) is 12.4 Å². The van der Waals surface area contributed by atoms with Crippen molar-refractivity contribution in [1.29, 1.82) is 0 Å². The highest BCUT2D eigenvalue weighted by atomic mass is 16.4. The molecule has 0 aliphatic rings. The van der Waals surface area contributed by atoms with Crippen LogP contribution in [0.3, 0.4) is 0 Å². The van der Waals surface area contributed by atoms with Gasteiger partial charge in [0.05, 0.1) is 11.9 Å². The van der Waals surface area contributed by atoms with Crippen molar-refractivity contribution in [2.75, 3.05) is 0 Å². The van der Waals surface area contributed by atoms with Crippen molar-refractivity contribution >= 4 is 5.84 Å². The molecule has 6 heteroatoms. The lowest BCUT2D eigenvalue weighted by Crippen LogP contribution is -2.15. The molecule has 0 amide bonds. The molecule has 0 radical (unpaired) electrons. The Hall–Kier alpha value is -2.37. The van der Waals surface area contributed by atoms with Crippen LogP contribution in [0.25, 0.3) is 5.69 Å². The summed E-state index contributed by atoms with van der Waals surface area (Å²) in [7, 11) is 0. The van der Waals surface area contributed by atoms with E-state index in [0.717, 1.165) is 11.3 Å². The van der Waals surface area contributed by atoms with Crippen LogP contribution in [0.4, 0.5) is 0 Å². The van der Waals surface area contributed by atoms with Crippen LogP contribution in [-0.2, 0) is 0 Å². The number of oxime groups is 1. The van der Waals surface area contributed by atoms with Crippen LogP contribution in [0.1, 0.15) is 11.3 Å². The molecule has 0 spiro atoms. The van der Waals surface area contributed by atoms with E-state index in [9.17, 15) is 0 Å². The highest BCUT2D eigenvalue weighted by Crippen LogP contribution is 2.08. The molecule has 0 fully saturated rings. The van der Waals surface area contributed by atoms with E-state index in [1.54, 1.807) is 29.2 Å². The van der Waals surface area contributed by atoms with Crippen LogP contribution >= 0.6 is 0 Å². The number of pyridine rings is 1. The molecule has 0 bridgehead atoms. The molecule has 0 aromatic carbocycles. The first-order chi connectivity index (χ1) is 7.70. The van der Waals surface area contributed by atoms with E-state index in [2.05, 4.69) is 15.2 Å². The average molecular weight is 217 g/mol. The van der Waals surface area contributed by atoms with Crippen molar-refractivity contribution in [3.8, 4) is 5.69 Å². The molecule has 0 atom stereocenters. The molecule has 3 N–H and O–H groups in total. The largest absolute Gasteiger partial charge is 0.409 e. The number of aromatic nitrogens is 3. The second kappa shape index (κ2) is 4.01. The maximum atomic E-state index is 8.55. The molecule has 0 unspecified atom stereocenters. The third kappa shape index (κ3) is 1.85. The quantitative estimate of drug-likeness (QED) is 0.335. The van der Waals surface area contributed by atoms with Crippen LogP contribution in [0.15, 0.2) is 35.9 Å². The Kier molecular flexibility index (Phi) is 2.55. The van der Waals surface area contributed by atoms with Crippen LogP contribution in [0, 0.1) is 6.92 Å². The van der Waals surface area contributed by atoms with Gasteiger partial charge in [-0.25, -0.2) is 4.68 Å². The average Bonchev–Trinajstić information content (AvgIpc) is 2.75. The summed E-state index contributed by atoms with van der Waals surface area (Å²) in [5, 5.41) is 15.6. The molecule has 0 saturated carbocycles. The summed E-state index contributed by atoms with van der Waals surface area (Å²) in [5.74, 6) is -0.0225. The molecule has 2 rings (SSSR count). The van der Waals surface area contributed by atoms with Gasteiger partial charge in [0.1, 0.15) is 5.69 Å². The fourth-order valence-electron chi connectivity index (χ4n) is 1.31. The molecule has 0 aliphatic carbocycles. The second-order valence-electron chi connectivity index (χ2n) is 3.35. The van der Waals surface area contributed by atoms with Gasteiger partial charge in [-0.05, 0) is 24.6 Å². The molecular formula is C10H11N5O. The van der Waals surface area contributed by atoms with Crippen LogP contribution in [0.5, 0.6) is 0 Å². The Labute approximate surface area is 92.0 Å². The Bertz CT molecular complexity index is 532. The minimum Gasteiger partial charge on any atom is -0.409 e. The maximum absolute atomic E-state index is 8.55. The normalized spacial score (nSPS) is 11.7. The van der Waals surface area contributed by atoms with Crippen LogP contribution in [-0.4, -0.2) is 25.8 Å². The SMILES string of the molecule is Cc1cnn(-c2ccnc(C(N)=NO)c2)c1. The van der Waals surface area contributed by atoms with E-state index in [4.69, 9.17) is 10.9 Å². The van der Waals surface area contributed by atoms with E-state index in [1.807, 2.05) is 13.1 Å². The van der Waals surface area contributed by atoms with E-state index in [-0.39, 0.29) is 5.84 Å². The Morgan fingerprint density at radius 2 is 2.38 bits per heavy atom. The lowest BCUT2D eigenvalue weighted by molar-refractivity contribution is 0.318. The third-order valence-electron chi connectivity index (χ3n) is 2.09. The molecule has 82 valence electrons. The van der Waals surface area contributed by atoms with Gasteiger partial charge in [0.15, 0.2) is 5.84 Å². The van der Waals surface area contributed by atoms with E-state index < -0.39 is 0 Å². The number of amidine groups is 1. The summed E-state index contributed by atoms with van der Waals surface area (Å²) in [6, 6.07) is 3.49. The topological polar surface area (TPSA) is 89.3 Å². The van der Waals surface area contributed by atoms with Crippen molar-refractivity contribution in [2.24, 2.45) is 10.9 Å². The highest BCUT2D eigenvalue weighted by Gasteiger charge is 2.04. The standard InChI is InChI=1S/C10H11N5O/c1-7-5-13-15(6-7)8-2-3-12-9(4-8)10(11)14-16/h2-6,16H,1H3,(H2,11,14). The van der Waals surface area contributed by atoms with Gasteiger partial charge in [-0.3, -0.25) is 4.98 Å². The summed E-state index contributed by atoms with van der Waals surface area (Å²) >= 11 is 0. The lowest BCUT2D eigenvalue weighted by atomic mass is 10.3. The first-order valence-electron chi connectivity index (χ1n) is 4.66. The molecular weight excluding hydrogens is 206 g/mol. The zero-order valence-electron chi connectivity index (χ0n) is 8.70. The first-order valence-corrected chi connectivity index (χ1v) is 4.66. The molecule has 2 aromatic heterocycles. The van der Waals surface area contributed by atoms with E-state index >= 15 is 0 Å². The van der Waals surface area contributed by atoms with Gasteiger partial charge < -0.3 is 10.9 Å². The van der Waals surface area contributed by atoms with Gasteiger partial charge in [0.2, 0.25) is 0 Å². The number of hydrogen-bond donors (Lipinski definition) is 2. The van der Waals surface area contributed by atoms with Crippen LogP contribution < -0.4 is 5.73 Å². The zero-order valence-corrected chi connectivity index (χ0v) is 8.70. The molecule has 0 saturated heterocycles. The van der Waals surface area contributed by atoms with Gasteiger partial charge in [0.25, 0.3) is 0 Å².